The molecule has 0 spiro atoms. The van der Waals surface area contributed by atoms with E-state index in [9.17, 15) is 13.6 Å². The van der Waals surface area contributed by atoms with Crippen molar-refractivity contribution in [2.45, 2.75) is 18.8 Å². The van der Waals surface area contributed by atoms with Crippen molar-refractivity contribution in [1.82, 2.24) is 4.90 Å². The molecule has 2 aromatic rings. The van der Waals surface area contributed by atoms with Gasteiger partial charge in [0.05, 0.1) is 16.8 Å². The van der Waals surface area contributed by atoms with Crippen LogP contribution in [0.4, 0.5) is 19.3 Å². The number of piperidine rings is 1. The average molecular weight is 381 g/mol. The Labute approximate surface area is 161 Å². The normalized spacial score (nSPS) is 14.1. The van der Waals surface area contributed by atoms with Gasteiger partial charge in [0.15, 0.2) is 11.6 Å². The minimum atomic E-state index is -1.18. The number of nitriles is 1. The van der Waals surface area contributed by atoms with Crippen LogP contribution in [0.5, 0.6) is 0 Å². The van der Waals surface area contributed by atoms with Gasteiger partial charge in [-0.05, 0) is 42.5 Å². The van der Waals surface area contributed by atoms with Gasteiger partial charge in [-0.25, -0.2) is 13.6 Å². The SMILES string of the molecule is N#Cc1cc(F)c(F)c(C#Cc2ccc(C3CCN(C(=O)O)CC3)cc2)c1N. The molecular weight excluding hydrogens is 364 g/mol. The topological polar surface area (TPSA) is 90.3 Å². The number of nitrogen functional groups attached to an aromatic ring is 1. The van der Waals surface area contributed by atoms with E-state index in [0.717, 1.165) is 24.5 Å². The van der Waals surface area contributed by atoms with Crippen LogP contribution >= 0.6 is 0 Å². The van der Waals surface area contributed by atoms with Crippen molar-refractivity contribution in [3.05, 3.63) is 64.2 Å². The maximum Gasteiger partial charge on any atom is 0.407 e. The van der Waals surface area contributed by atoms with E-state index >= 15 is 0 Å². The first-order valence-corrected chi connectivity index (χ1v) is 8.68. The second-order valence-electron chi connectivity index (χ2n) is 6.54. The van der Waals surface area contributed by atoms with E-state index in [-0.39, 0.29) is 22.7 Å². The molecule has 5 nitrogen and oxygen atoms in total. The molecule has 0 radical (unpaired) electrons. The van der Waals surface area contributed by atoms with Crippen LogP contribution in [0.2, 0.25) is 0 Å². The highest BCUT2D eigenvalue weighted by Crippen LogP contribution is 2.28. The quantitative estimate of drug-likeness (QED) is 0.582. The largest absolute Gasteiger partial charge is 0.465 e. The molecule has 0 bridgehead atoms. The molecule has 1 saturated heterocycles. The fourth-order valence-corrected chi connectivity index (χ4v) is 3.23. The molecule has 7 heteroatoms. The van der Waals surface area contributed by atoms with Crippen LogP contribution in [0, 0.1) is 34.8 Å². The molecule has 0 unspecified atom stereocenters. The molecule has 3 rings (SSSR count). The molecule has 142 valence electrons. The summed E-state index contributed by atoms with van der Waals surface area (Å²) in [7, 11) is 0. The van der Waals surface area contributed by atoms with Crippen LogP contribution in [0.1, 0.15) is 41.0 Å². The van der Waals surface area contributed by atoms with Gasteiger partial charge in [-0.15, -0.1) is 0 Å². The number of hydrogen-bond acceptors (Lipinski definition) is 3. The van der Waals surface area contributed by atoms with Crippen molar-refractivity contribution < 1.29 is 18.7 Å². The number of nitrogens with zero attached hydrogens (tertiary/aromatic N) is 2. The van der Waals surface area contributed by atoms with Crippen molar-refractivity contribution in [3.63, 3.8) is 0 Å². The second kappa shape index (κ2) is 7.98. The first-order chi connectivity index (χ1) is 13.4. The third-order valence-corrected chi connectivity index (χ3v) is 4.86. The lowest BCUT2D eigenvalue weighted by Crippen LogP contribution is -2.36. The van der Waals surface area contributed by atoms with Gasteiger partial charge >= 0.3 is 6.09 Å². The number of halogens is 2. The summed E-state index contributed by atoms with van der Waals surface area (Å²) in [6, 6.07) is 9.80. The average Bonchev–Trinajstić information content (AvgIpc) is 2.71. The van der Waals surface area contributed by atoms with Crippen LogP contribution < -0.4 is 5.73 Å². The number of benzene rings is 2. The lowest BCUT2D eigenvalue weighted by atomic mass is 9.89. The second-order valence-corrected chi connectivity index (χ2v) is 6.54. The predicted octanol–water partition coefficient (Wildman–Crippen LogP) is 3.68. The van der Waals surface area contributed by atoms with Crippen molar-refractivity contribution in [1.29, 1.82) is 5.26 Å². The van der Waals surface area contributed by atoms with Gasteiger partial charge in [0, 0.05) is 18.7 Å². The van der Waals surface area contributed by atoms with Crippen molar-refractivity contribution in [2.24, 2.45) is 0 Å². The van der Waals surface area contributed by atoms with Crippen molar-refractivity contribution >= 4 is 11.8 Å². The summed E-state index contributed by atoms with van der Waals surface area (Å²) in [5, 5.41) is 17.9. The van der Waals surface area contributed by atoms with Crippen molar-refractivity contribution in [3.8, 4) is 17.9 Å². The Morgan fingerprint density at radius 2 is 1.82 bits per heavy atom. The van der Waals surface area contributed by atoms with Crippen LogP contribution in [-0.4, -0.2) is 29.2 Å². The highest BCUT2D eigenvalue weighted by atomic mass is 19.2. The summed E-state index contributed by atoms with van der Waals surface area (Å²) in [5.74, 6) is 3.19. The van der Waals surface area contributed by atoms with Gasteiger partial charge in [-0.3, -0.25) is 0 Å². The highest BCUT2D eigenvalue weighted by Gasteiger charge is 2.23. The Morgan fingerprint density at radius 1 is 1.18 bits per heavy atom. The zero-order valence-electron chi connectivity index (χ0n) is 14.9. The Kier molecular flexibility index (Phi) is 5.47. The summed E-state index contributed by atoms with van der Waals surface area (Å²) in [4.78, 5) is 12.4. The van der Waals surface area contributed by atoms with Gasteiger partial charge < -0.3 is 15.7 Å². The van der Waals surface area contributed by atoms with E-state index in [1.54, 1.807) is 18.2 Å². The predicted molar refractivity (Wildman–Crippen MR) is 99.5 cm³/mol. The molecule has 0 atom stereocenters. The number of anilines is 1. The van der Waals surface area contributed by atoms with E-state index in [4.69, 9.17) is 16.1 Å². The van der Waals surface area contributed by atoms with Gasteiger partial charge in [0.2, 0.25) is 0 Å². The molecule has 28 heavy (non-hydrogen) atoms. The van der Waals surface area contributed by atoms with E-state index in [0.29, 0.717) is 18.7 Å². The lowest BCUT2D eigenvalue weighted by Gasteiger charge is -2.30. The molecule has 1 amide bonds. The molecule has 3 N–H and O–H groups in total. The van der Waals surface area contributed by atoms with E-state index in [1.165, 1.54) is 4.90 Å². The smallest absolute Gasteiger partial charge is 0.407 e. The third kappa shape index (κ3) is 3.89. The first kappa shape index (κ1) is 19.2. The third-order valence-electron chi connectivity index (χ3n) is 4.86. The molecule has 1 aliphatic heterocycles. The number of amides is 1. The number of nitrogens with two attached hydrogens (primary N) is 1. The monoisotopic (exact) mass is 381 g/mol. The zero-order chi connectivity index (χ0) is 20.3. The molecule has 0 saturated carbocycles. The number of likely N-dealkylation sites (tertiary alicyclic amines) is 1. The standard InChI is InChI=1S/C21H17F2N3O2/c22-18-11-16(12-24)20(25)17(19(18)23)6-3-13-1-4-14(5-2-13)15-7-9-26(10-8-15)21(27)28/h1-2,4-5,11,15H,7-10,25H2,(H,27,28). The lowest BCUT2D eigenvalue weighted by molar-refractivity contribution is 0.132. The van der Waals surface area contributed by atoms with Crippen LogP contribution in [0.15, 0.2) is 30.3 Å². The summed E-state index contributed by atoms with van der Waals surface area (Å²) < 4.78 is 27.5. The first-order valence-electron chi connectivity index (χ1n) is 8.68. The molecule has 2 aromatic carbocycles. The van der Waals surface area contributed by atoms with Crippen LogP contribution in [0.25, 0.3) is 0 Å². The van der Waals surface area contributed by atoms with Gasteiger partial charge in [-0.1, -0.05) is 24.0 Å². The number of hydrogen-bond donors (Lipinski definition) is 2. The van der Waals surface area contributed by atoms with Crippen LogP contribution in [0.3, 0.4) is 0 Å². The Morgan fingerprint density at radius 3 is 2.39 bits per heavy atom. The summed E-state index contributed by atoms with van der Waals surface area (Å²) in [5.41, 5.74) is 6.70. The fraction of sp³-hybridized carbons (Fsp3) is 0.238. The summed E-state index contributed by atoms with van der Waals surface area (Å²) in [6.07, 6.45) is 0.603. The maximum atomic E-state index is 14.0. The van der Waals surface area contributed by atoms with E-state index < -0.39 is 17.7 Å². The number of carboxylic acid groups (broad SMARTS) is 1. The molecular formula is C21H17F2N3O2. The molecule has 0 aliphatic carbocycles. The maximum absolute atomic E-state index is 14.0. The summed E-state index contributed by atoms with van der Waals surface area (Å²) in [6.45, 7) is 1.00. The number of rotatable bonds is 1. The van der Waals surface area contributed by atoms with E-state index in [1.807, 2.05) is 12.1 Å². The molecule has 1 fully saturated rings. The Bertz CT molecular complexity index is 1010. The Balaban J connectivity index is 1.78. The fourth-order valence-electron chi connectivity index (χ4n) is 3.23. The van der Waals surface area contributed by atoms with Gasteiger partial charge in [-0.2, -0.15) is 5.26 Å². The number of carbonyl (C=O) groups is 1. The minimum Gasteiger partial charge on any atom is -0.465 e. The van der Waals surface area contributed by atoms with E-state index in [2.05, 4.69) is 11.8 Å². The molecule has 0 aromatic heterocycles. The van der Waals surface area contributed by atoms with Crippen LogP contribution in [-0.2, 0) is 0 Å². The minimum absolute atomic E-state index is 0.161. The summed E-state index contributed by atoms with van der Waals surface area (Å²) >= 11 is 0. The molecule has 1 aliphatic rings. The van der Waals surface area contributed by atoms with Gasteiger partial charge in [0.25, 0.3) is 0 Å². The van der Waals surface area contributed by atoms with Gasteiger partial charge in [0.1, 0.15) is 6.07 Å². The molecule has 1 heterocycles. The zero-order valence-corrected chi connectivity index (χ0v) is 14.9. The highest BCUT2D eigenvalue weighted by molar-refractivity contribution is 5.66. The van der Waals surface area contributed by atoms with Crippen molar-refractivity contribution in [2.75, 3.05) is 18.8 Å². The Hall–Kier alpha value is -3.58.